The summed E-state index contributed by atoms with van der Waals surface area (Å²) in [6.45, 7) is 1.78. The second kappa shape index (κ2) is 6.78. The number of benzene rings is 1. The number of anilines is 1. The van der Waals surface area contributed by atoms with Crippen molar-refractivity contribution in [1.29, 1.82) is 0 Å². The van der Waals surface area contributed by atoms with Crippen LogP contribution in [0.3, 0.4) is 0 Å². The molecule has 1 amide bonds. The Kier molecular flexibility index (Phi) is 5.03. The SMILES string of the molecule is COc1ccc(NC(=O)c2cnc(SC)nc2C)cc1Cl. The van der Waals surface area contributed by atoms with Crippen molar-refractivity contribution in [2.75, 3.05) is 18.7 Å². The van der Waals surface area contributed by atoms with E-state index in [9.17, 15) is 4.79 Å². The van der Waals surface area contributed by atoms with Crippen LogP contribution in [0.2, 0.25) is 5.02 Å². The monoisotopic (exact) mass is 323 g/mol. The Morgan fingerprint density at radius 1 is 1.43 bits per heavy atom. The molecule has 0 aliphatic carbocycles. The van der Waals surface area contributed by atoms with Gasteiger partial charge in [-0.3, -0.25) is 4.79 Å². The summed E-state index contributed by atoms with van der Waals surface area (Å²) >= 11 is 7.45. The van der Waals surface area contributed by atoms with Crippen LogP contribution in [0, 0.1) is 6.92 Å². The summed E-state index contributed by atoms with van der Waals surface area (Å²) in [6, 6.07) is 5.04. The number of aromatic nitrogens is 2. The van der Waals surface area contributed by atoms with Gasteiger partial charge in [0.15, 0.2) is 5.16 Å². The molecule has 1 N–H and O–H groups in total. The van der Waals surface area contributed by atoms with Gasteiger partial charge in [0.25, 0.3) is 5.91 Å². The number of carbonyl (C=O) groups is 1. The zero-order chi connectivity index (χ0) is 15.4. The minimum atomic E-state index is -0.276. The number of ether oxygens (including phenoxy) is 1. The third-order valence-corrected chi connectivity index (χ3v) is 3.65. The number of aryl methyl sites for hydroxylation is 1. The van der Waals surface area contributed by atoms with Crippen LogP contribution in [-0.2, 0) is 0 Å². The van der Waals surface area contributed by atoms with Crippen LogP contribution in [0.25, 0.3) is 0 Å². The second-order valence-corrected chi connectivity index (χ2v) is 5.34. The molecule has 2 rings (SSSR count). The van der Waals surface area contributed by atoms with Gasteiger partial charge in [-0.05, 0) is 31.4 Å². The summed E-state index contributed by atoms with van der Waals surface area (Å²) in [5, 5.41) is 3.83. The molecule has 1 aromatic heterocycles. The van der Waals surface area contributed by atoms with E-state index in [2.05, 4.69) is 15.3 Å². The maximum absolute atomic E-state index is 12.2. The lowest BCUT2D eigenvalue weighted by Crippen LogP contribution is -2.15. The van der Waals surface area contributed by atoms with E-state index in [0.29, 0.717) is 32.9 Å². The topological polar surface area (TPSA) is 64.1 Å². The summed E-state index contributed by atoms with van der Waals surface area (Å²) in [7, 11) is 1.54. The van der Waals surface area contributed by atoms with Gasteiger partial charge in [0.05, 0.1) is 23.4 Å². The highest BCUT2D eigenvalue weighted by atomic mass is 35.5. The molecule has 21 heavy (non-hydrogen) atoms. The zero-order valence-electron chi connectivity index (χ0n) is 11.8. The molecule has 5 nitrogen and oxygen atoms in total. The highest BCUT2D eigenvalue weighted by molar-refractivity contribution is 7.98. The average molecular weight is 324 g/mol. The number of carbonyl (C=O) groups excluding carboxylic acids is 1. The van der Waals surface area contributed by atoms with Crippen LogP contribution in [0.5, 0.6) is 5.75 Å². The molecule has 0 spiro atoms. The molecule has 2 aromatic rings. The van der Waals surface area contributed by atoms with Crippen LogP contribution < -0.4 is 10.1 Å². The predicted molar refractivity (Wildman–Crippen MR) is 84.5 cm³/mol. The van der Waals surface area contributed by atoms with Gasteiger partial charge in [-0.25, -0.2) is 9.97 Å². The quantitative estimate of drug-likeness (QED) is 0.690. The molecule has 0 saturated heterocycles. The molecule has 0 bridgehead atoms. The molecule has 1 heterocycles. The molecule has 1 aromatic carbocycles. The average Bonchev–Trinajstić information content (AvgIpc) is 2.47. The summed E-state index contributed by atoms with van der Waals surface area (Å²) in [4.78, 5) is 20.6. The smallest absolute Gasteiger partial charge is 0.259 e. The molecule has 0 aliphatic heterocycles. The molecule has 0 fully saturated rings. The number of hydrogen-bond donors (Lipinski definition) is 1. The van der Waals surface area contributed by atoms with E-state index in [0.717, 1.165) is 0 Å². The number of hydrogen-bond acceptors (Lipinski definition) is 5. The third kappa shape index (κ3) is 3.65. The van der Waals surface area contributed by atoms with E-state index in [-0.39, 0.29) is 5.91 Å². The fraction of sp³-hybridized carbons (Fsp3) is 0.214. The molecular weight excluding hydrogens is 310 g/mol. The number of halogens is 1. The number of nitrogens with zero attached hydrogens (tertiary/aromatic N) is 2. The van der Waals surface area contributed by atoms with Gasteiger partial charge in [-0.2, -0.15) is 0 Å². The fourth-order valence-corrected chi connectivity index (χ4v) is 2.35. The number of nitrogens with one attached hydrogen (secondary N) is 1. The van der Waals surface area contributed by atoms with Crippen molar-refractivity contribution in [2.24, 2.45) is 0 Å². The van der Waals surface area contributed by atoms with E-state index >= 15 is 0 Å². The van der Waals surface area contributed by atoms with E-state index < -0.39 is 0 Å². The normalized spacial score (nSPS) is 10.3. The predicted octanol–water partition coefficient (Wildman–Crippen LogP) is 3.42. The van der Waals surface area contributed by atoms with Crippen LogP contribution in [0.1, 0.15) is 16.1 Å². The number of rotatable bonds is 4. The third-order valence-electron chi connectivity index (χ3n) is 2.79. The Bertz CT molecular complexity index is 679. The van der Waals surface area contributed by atoms with Crippen molar-refractivity contribution in [3.63, 3.8) is 0 Å². The van der Waals surface area contributed by atoms with Crippen LogP contribution >= 0.6 is 23.4 Å². The summed E-state index contributed by atoms with van der Waals surface area (Å²) in [5.74, 6) is 0.278. The Balaban J connectivity index is 2.20. The van der Waals surface area contributed by atoms with Gasteiger partial charge >= 0.3 is 0 Å². The summed E-state index contributed by atoms with van der Waals surface area (Å²) in [5.41, 5.74) is 1.64. The number of amides is 1. The van der Waals surface area contributed by atoms with Gasteiger partial charge in [0.2, 0.25) is 0 Å². The van der Waals surface area contributed by atoms with Gasteiger partial charge < -0.3 is 10.1 Å². The lowest BCUT2D eigenvalue weighted by Gasteiger charge is -2.09. The Labute approximate surface area is 132 Å². The van der Waals surface area contributed by atoms with Crippen LogP contribution in [-0.4, -0.2) is 29.2 Å². The number of methoxy groups -OCH3 is 1. The molecule has 0 aliphatic rings. The van der Waals surface area contributed by atoms with E-state index in [1.54, 1.807) is 25.1 Å². The van der Waals surface area contributed by atoms with Crippen molar-refractivity contribution < 1.29 is 9.53 Å². The highest BCUT2D eigenvalue weighted by Crippen LogP contribution is 2.27. The summed E-state index contributed by atoms with van der Waals surface area (Å²) in [6.07, 6.45) is 3.41. The minimum absolute atomic E-state index is 0.276. The summed E-state index contributed by atoms with van der Waals surface area (Å²) < 4.78 is 5.07. The maximum atomic E-state index is 12.2. The van der Waals surface area contributed by atoms with E-state index in [1.165, 1.54) is 25.1 Å². The number of thioether (sulfide) groups is 1. The zero-order valence-corrected chi connectivity index (χ0v) is 13.4. The Hall–Kier alpha value is -1.79. The fourth-order valence-electron chi connectivity index (χ4n) is 1.71. The van der Waals surface area contributed by atoms with Crippen LogP contribution in [0.15, 0.2) is 29.6 Å². The van der Waals surface area contributed by atoms with E-state index in [4.69, 9.17) is 16.3 Å². The first-order valence-corrected chi connectivity index (χ1v) is 7.68. The first kappa shape index (κ1) is 15.6. The minimum Gasteiger partial charge on any atom is -0.495 e. The first-order chi connectivity index (χ1) is 10.0. The standard InChI is InChI=1S/C14H14ClN3O2S/c1-8-10(7-16-14(17-8)21-3)13(19)18-9-4-5-12(20-2)11(15)6-9/h4-7H,1-3H3,(H,18,19). The molecule has 110 valence electrons. The Morgan fingerprint density at radius 2 is 2.19 bits per heavy atom. The molecule has 7 heteroatoms. The van der Waals surface area contributed by atoms with Gasteiger partial charge in [0, 0.05) is 11.9 Å². The molecule has 0 unspecified atom stereocenters. The van der Waals surface area contributed by atoms with E-state index in [1.807, 2.05) is 6.26 Å². The van der Waals surface area contributed by atoms with Crippen molar-refractivity contribution in [3.05, 3.63) is 40.7 Å². The maximum Gasteiger partial charge on any atom is 0.259 e. The van der Waals surface area contributed by atoms with Gasteiger partial charge in [0.1, 0.15) is 5.75 Å². The molecule has 0 radical (unpaired) electrons. The molecule has 0 atom stereocenters. The lowest BCUT2D eigenvalue weighted by atomic mass is 10.2. The van der Waals surface area contributed by atoms with Gasteiger partial charge in [-0.15, -0.1) is 0 Å². The first-order valence-electron chi connectivity index (χ1n) is 6.07. The van der Waals surface area contributed by atoms with Crippen molar-refractivity contribution in [1.82, 2.24) is 9.97 Å². The van der Waals surface area contributed by atoms with Crippen molar-refractivity contribution in [3.8, 4) is 5.75 Å². The molecule has 0 saturated carbocycles. The highest BCUT2D eigenvalue weighted by Gasteiger charge is 2.12. The van der Waals surface area contributed by atoms with Crippen molar-refractivity contribution >= 4 is 35.0 Å². The van der Waals surface area contributed by atoms with Crippen molar-refractivity contribution in [2.45, 2.75) is 12.1 Å². The van der Waals surface area contributed by atoms with Crippen LogP contribution in [0.4, 0.5) is 5.69 Å². The Morgan fingerprint density at radius 3 is 2.76 bits per heavy atom. The lowest BCUT2D eigenvalue weighted by molar-refractivity contribution is 0.102. The molecular formula is C14H14ClN3O2S. The van der Waals surface area contributed by atoms with Gasteiger partial charge in [-0.1, -0.05) is 23.4 Å². The largest absolute Gasteiger partial charge is 0.495 e. The second-order valence-electron chi connectivity index (χ2n) is 4.16.